The zero-order valence-electron chi connectivity index (χ0n) is 18.0. The first-order valence-corrected chi connectivity index (χ1v) is 13.9. The monoisotopic (exact) mass is 474 g/mol. The van der Waals surface area contributed by atoms with Gasteiger partial charge in [0, 0.05) is 41.3 Å². The Balaban J connectivity index is 1.17. The summed E-state index contributed by atoms with van der Waals surface area (Å²) in [7, 11) is -3.09. The predicted molar refractivity (Wildman–Crippen MR) is 117 cm³/mol. The fraction of sp³-hybridized carbons (Fsp3) is 0.818. The smallest absolute Gasteiger partial charge is 0.243 e. The molecule has 2 aliphatic heterocycles. The number of piperidine rings is 1. The summed E-state index contributed by atoms with van der Waals surface area (Å²) in [5.74, 6) is 0.533. The average Bonchev–Trinajstić information content (AvgIpc) is 3.44. The van der Waals surface area contributed by atoms with Gasteiger partial charge in [0.2, 0.25) is 16.4 Å². The molecule has 3 heterocycles. The van der Waals surface area contributed by atoms with Gasteiger partial charge < -0.3 is 9.64 Å². The van der Waals surface area contributed by atoms with Gasteiger partial charge in [0.15, 0.2) is 0 Å². The first-order chi connectivity index (χ1) is 14.7. The van der Waals surface area contributed by atoms with Crippen LogP contribution >= 0.6 is 11.3 Å². The van der Waals surface area contributed by atoms with Crippen LogP contribution in [0.5, 0.6) is 0 Å². The maximum Gasteiger partial charge on any atom is 0.243 e. The minimum Gasteiger partial charge on any atom is -0.369 e. The lowest BCUT2D eigenvalue weighted by Crippen LogP contribution is -2.54. The third-order valence-electron chi connectivity index (χ3n) is 7.45. The van der Waals surface area contributed by atoms with Gasteiger partial charge in [-0.05, 0) is 69.4 Å². The minimum atomic E-state index is -3.09. The Morgan fingerprint density at radius 3 is 2.81 bits per heavy atom. The molecule has 0 aromatic carbocycles. The van der Waals surface area contributed by atoms with Crippen molar-refractivity contribution in [3.8, 4) is 0 Å². The van der Waals surface area contributed by atoms with Crippen molar-refractivity contribution in [2.45, 2.75) is 87.7 Å². The van der Waals surface area contributed by atoms with Gasteiger partial charge in [-0.25, -0.2) is 21.9 Å². The number of nitrogens with one attached hydrogen (secondary N) is 1. The maximum atomic E-state index is 12.9. The number of ether oxygens (including phenoxy) is 1. The quantitative estimate of drug-likeness (QED) is 0.655. The van der Waals surface area contributed by atoms with Gasteiger partial charge in [-0.1, -0.05) is 0 Å². The van der Waals surface area contributed by atoms with Crippen LogP contribution < -0.4 is 4.72 Å². The second kappa shape index (κ2) is 8.31. The summed E-state index contributed by atoms with van der Waals surface area (Å²) in [6.45, 7) is 4.82. The number of alkyl halides is 2. The van der Waals surface area contributed by atoms with E-state index in [0.717, 1.165) is 62.9 Å². The van der Waals surface area contributed by atoms with Crippen molar-refractivity contribution in [1.29, 1.82) is 0 Å². The van der Waals surface area contributed by atoms with Crippen molar-refractivity contribution >= 4 is 21.4 Å². The molecule has 1 aromatic heterocycles. The Hall–Kier alpha value is -0.610. The molecule has 4 aliphatic rings. The van der Waals surface area contributed by atoms with E-state index in [2.05, 4.69) is 16.5 Å². The molecule has 2 atom stereocenters. The predicted octanol–water partition coefficient (Wildman–Crippen LogP) is 3.67. The van der Waals surface area contributed by atoms with Crippen LogP contribution in [0.25, 0.3) is 0 Å². The second-order valence-corrected chi connectivity index (χ2v) is 13.1. The van der Waals surface area contributed by atoms with Crippen LogP contribution in [0, 0.1) is 5.92 Å². The van der Waals surface area contributed by atoms with Crippen LogP contribution in [0.2, 0.25) is 0 Å². The number of sulfonamides is 1. The SMILES string of the molecule is C[C@H]1C[C@@]2(CCN1C[C@H]1C[C@@H](NS(=O)(=O)C3CC3)C1)OCCc1cc(CC(F)F)sc12. The number of hydrogen-bond acceptors (Lipinski definition) is 5. The molecular formula is C22H32F2N2O3S2. The normalized spacial score (nSPS) is 34.1. The van der Waals surface area contributed by atoms with E-state index in [1.165, 1.54) is 21.8 Å². The number of likely N-dealkylation sites (tertiary alicyclic amines) is 1. The van der Waals surface area contributed by atoms with Crippen molar-refractivity contribution in [1.82, 2.24) is 9.62 Å². The molecule has 0 unspecified atom stereocenters. The zero-order chi connectivity index (χ0) is 21.8. The fourth-order valence-corrected chi connectivity index (χ4v) is 8.61. The number of rotatable bonds is 7. The Morgan fingerprint density at radius 1 is 1.35 bits per heavy atom. The molecule has 1 saturated heterocycles. The Morgan fingerprint density at radius 2 is 2.13 bits per heavy atom. The molecule has 3 fully saturated rings. The third-order valence-corrected chi connectivity index (χ3v) is 10.8. The molecule has 5 nitrogen and oxygen atoms in total. The summed E-state index contributed by atoms with van der Waals surface area (Å²) in [4.78, 5) is 4.46. The largest absolute Gasteiger partial charge is 0.369 e. The summed E-state index contributed by atoms with van der Waals surface area (Å²) >= 11 is 1.53. The van der Waals surface area contributed by atoms with E-state index < -0.39 is 16.4 Å². The highest BCUT2D eigenvalue weighted by Crippen LogP contribution is 2.47. The van der Waals surface area contributed by atoms with Gasteiger partial charge in [0.25, 0.3) is 0 Å². The van der Waals surface area contributed by atoms with Gasteiger partial charge in [-0.15, -0.1) is 11.3 Å². The standard InChI is InChI=1S/C22H32F2N2O3S2/c1-14-12-22(21-16(4-7-29-22)10-18(30-21)11-20(23)24)5-6-26(14)13-15-8-17(9-15)25-31(27,28)19-2-3-19/h10,14-15,17,19-20,25H,2-9,11-13H2,1H3/t14-,15-,17+,22+/m0/s1. The molecule has 9 heteroatoms. The topological polar surface area (TPSA) is 58.6 Å². The highest BCUT2D eigenvalue weighted by Gasteiger charge is 2.46. The van der Waals surface area contributed by atoms with Crippen molar-refractivity contribution < 1.29 is 21.9 Å². The van der Waals surface area contributed by atoms with Gasteiger partial charge in [0.05, 0.1) is 11.9 Å². The van der Waals surface area contributed by atoms with Crippen LogP contribution in [0.3, 0.4) is 0 Å². The number of hydrogen-bond donors (Lipinski definition) is 1. The third kappa shape index (κ3) is 4.58. The van der Waals surface area contributed by atoms with E-state index in [1.54, 1.807) is 0 Å². The first-order valence-electron chi connectivity index (χ1n) is 11.5. The molecule has 174 valence electrons. The van der Waals surface area contributed by atoms with E-state index in [1.807, 2.05) is 6.07 Å². The molecule has 0 bridgehead atoms. The van der Waals surface area contributed by atoms with Crippen LogP contribution in [0.1, 0.15) is 60.8 Å². The van der Waals surface area contributed by atoms with Crippen molar-refractivity contribution in [2.75, 3.05) is 19.7 Å². The molecule has 1 N–H and O–H groups in total. The summed E-state index contributed by atoms with van der Waals surface area (Å²) in [6, 6.07) is 2.43. The average molecular weight is 475 g/mol. The molecule has 2 saturated carbocycles. The first kappa shape index (κ1) is 22.2. The Labute approximate surface area is 187 Å². The van der Waals surface area contributed by atoms with Crippen LogP contribution in [0.15, 0.2) is 6.07 Å². The van der Waals surface area contributed by atoms with Gasteiger partial charge in [-0.3, -0.25) is 0 Å². The van der Waals surface area contributed by atoms with E-state index in [9.17, 15) is 17.2 Å². The Kier molecular flexibility index (Phi) is 5.95. The van der Waals surface area contributed by atoms with Crippen molar-refractivity contribution in [3.63, 3.8) is 0 Å². The lowest BCUT2D eigenvalue weighted by molar-refractivity contribution is -0.112. The zero-order valence-corrected chi connectivity index (χ0v) is 19.6. The van der Waals surface area contributed by atoms with E-state index in [4.69, 9.17) is 4.74 Å². The van der Waals surface area contributed by atoms with Gasteiger partial charge >= 0.3 is 0 Å². The van der Waals surface area contributed by atoms with Crippen molar-refractivity contribution in [2.24, 2.45) is 5.92 Å². The highest BCUT2D eigenvalue weighted by atomic mass is 32.2. The number of fused-ring (bicyclic) bond motifs is 2. The number of halogens is 2. The lowest BCUT2D eigenvalue weighted by Gasteiger charge is -2.49. The van der Waals surface area contributed by atoms with Crippen LogP contribution in [0.4, 0.5) is 8.78 Å². The molecule has 5 rings (SSSR count). The summed E-state index contributed by atoms with van der Waals surface area (Å²) in [5, 5.41) is -0.149. The molecule has 0 amide bonds. The van der Waals surface area contributed by atoms with Crippen LogP contribution in [-0.2, 0) is 33.2 Å². The van der Waals surface area contributed by atoms with Crippen molar-refractivity contribution in [3.05, 3.63) is 21.4 Å². The molecule has 2 aliphatic carbocycles. The molecule has 1 aromatic rings. The van der Waals surface area contributed by atoms with Crippen LogP contribution in [-0.4, -0.2) is 56.8 Å². The van der Waals surface area contributed by atoms with E-state index >= 15 is 0 Å². The molecule has 0 radical (unpaired) electrons. The highest BCUT2D eigenvalue weighted by molar-refractivity contribution is 7.90. The van der Waals surface area contributed by atoms with Gasteiger partial charge in [0.1, 0.15) is 5.60 Å². The minimum absolute atomic E-state index is 0.102. The maximum absolute atomic E-state index is 12.9. The summed E-state index contributed by atoms with van der Waals surface area (Å²) in [5.41, 5.74) is 0.883. The van der Waals surface area contributed by atoms with E-state index in [0.29, 0.717) is 18.6 Å². The Bertz CT molecular complexity index is 912. The second-order valence-electron chi connectivity index (χ2n) is 9.95. The van der Waals surface area contributed by atoms with E-state index in [-0.39, 0.29) is 23.3 Å². The summed E-state index contributed by atoms with van der Waals surface area (Å²) < 4.78 is 59.2. The summed E-state index contributed by atoms with van der Waals surface area (Å²) in [6.07, 6.45) is 3.57. The molecule has 1 spiro atoms. The molecular weight excluding hydrogens is 442 g/mol. The number of nitrogens with zero attached hydrogens (tertiary/aromatic N) is 1. The lowest BCUT2D eigenvalue weighted by atomic mass is 9.78. The fourth-order valence-electron chi connectivity index (χ4n) is 5.61. The molecule has 31 heavy (non-hydrogen) atoms. The number of thiophene rings is 1. The van der Waals surface area contributed by atoms with Gasteiger partial charge in [-0.2, -0.15) is 0 Å².